The summed E-state index contributed by atoms with van der Waals surface area (Å²) in [5.74, 6) is 1.05. The van der Waals surface area contributed by atoms with E-state index in [-0.39, 0.29) is 5.91 Å². The van der Waals surface area contributed by atoms with E-state index in [1.165, 1.54) is 0 Å². The molecule has 0 fully saturated rings. The van der Waals surface area contributed by atoms with E-state index in [1.54, 1.807) is 25.1 Å². The molecule has 0 bridgehead atoms. The Morgan fingerprint density at radius 3 is 2.48 bits per heavy atom. The van der Waals surface area contributed by atoms with Gasteiger partial charge in [0.15, 0.2) is 11.5 Å². The van der Waals surface area contributed by atoms with Crippen LogP contribution in [0.15, 0.2) is 54.7 Å². The lowest BCUT2D eigenvalue weighted by atomic mass is 10.1. The molecular formula is C22H26N4O3. The molecule has 0 spiro atoms. The predicted molar refractivity (Wildman–Crippen MR) is 113 cm³/mol. The molecule has 29 heavy (non-hydrogen) atoms. The van der Waals surface area contributed by atoms with Gasteiger partial charge in [0.05, 0.1) is 25.5 Å². The van der Waals surface area contributed by atoms with Crippen molar-refractivity contribution in [1.29, 1.82) is 0 Å². The Morgan fingerprint density at radius 2 is 1.79 bits per heavy atom. The van der Waals surface area contributed by atoms with Gasteiger partial charge in [-0.1, -0.05) is 18.2 Å². The zero-order valence-electron chi connectivity index (χ0n) is 16.9. The molecule has 1 aromatic heterocycles. The number of nitrogens with one attached hydrogen (secondary N) is 2. The minimum Gasteiger partial charge on any atom is -0.493 e. The summed E-state index contributed by atoms with van der Waals surface area (Å²) in [6, 6.07) is 15.2. The van der Waals surface area contributed by atoms with Crippen LogP contribution in [0.5, 0.6) is 11.5 Å². The Labute approximate surface area is 170 Å². The van der Waals surface area contributed by atoms with Gasteiger partial charge in [-0.3, -0.25) is 4.79 Å². The zero-order chi connectivity index (χ0) is 20.6. The van der Waals surface area contributed by atoms with Gasteiger partial charge < -0.3 is 20.1 Å². The highest BCUT2D eigenvalue weighted by atomic mass is 16.5. The summed E-state index contributed by atoms with van der Waals surface area (Å²) in [7, 11) is 5.06. The lowest BCUT2D eigenvalue weighted by molar-refractivity contribution is 0.0954. The topological polar surface area (TPSA) is 77.4 Å². The predicted octanol–water partition coefficient (Wildman–Crippen LogP) is 2.90. The van der Waals surface area contributed by atoms with Crippen molar-refractivity contribution in [1.82, 2.24) is 20.4 Å². The second kappa shape index (κ2) is 9.75. The molecule has 2 N–H and O–H groups in total. The molecule has 152 valence electrons. The van der Waals surface area contributed by atoms with E-state index in [0.717, 1.165) is 24.2 Å². The Balaban J connectivity index is 2.00. The number of para-hydroxylation sites is 1. The Morgan fingerprint density at radius 1 is 1.03 bits per heavy atom. The first kappa shape index (κ1) is 20.4. The Hall–Kier alpha value is -3.32. The number of aromatic nitrogens is 2. The number of methoxy groups -OCH3 is 2. The standard InChI is InChI=1S/C22H26N4O3/c1-23-12-7-13-24-22(27)18-15-26(17-8-5-4-6-9-17)25-21(18)16-10-11-19(28-2)20(14-16)29-3/h4-6,8-11,14-15,23H,7,12-13H2,1-3H3,(H,24,27). The first-order valence-electron chi connectivity index (χ1n) is 9.48. The van der Waals surface area contributed by atoms with Crippen LogP contribution >= 0.6 is 0 Å². The van der Waals surface area contributed by atoms with Gasteiger partial charge in [0.1, 0.15) is 5.69 Å². The molecule has 0 aliphatic carbocycles. The minimum atomic E-state index is -0.159. The Kier molecular flexibility index (Phi) is 6.86. The first-order valence-corrected chi connectivity index (χ1v) is 9.48. The molecule has 0 aliphatic rings. The number of nitrogens with zero attached hydrogens (tertiary/aromatic N) is 2. The highest BCUT2D eigenvalue weighted by molar-refractivity contribution is 6.00. The number of ether oxygens (including phenoxy) is 2. The molecule has 7 heteroatoms. The molecule has 1 amide bonds. The fourth-order valence-corrected chi connectivity index (χ4v) is 3.01. The SMILES string of the molecule is CNCCCNC(=O)c1cn(-c2ccccc2)nc1-c1ccc(OC)c(OC)c1. The van der Waals surface area contributed by atoms with E-state index in [4.69, 9.17) is 14.6 Å². The van der Waals surface area contributed by atoms with Gasteiger partial charge in [-0.15, -0.1) is 0 Å². The second-order valence-corrected chi connectivity index (χ2v) is 6.45. The lowest BCUT2D eigenvalue weighted by Crippen LogP contribution is -2.26. The van der Waals surface area contributed by atoms with E-state index in [2.05, 4.69) is 10.6 Å². The summed E-state index contributed by atoms with van der Waals surface area (Å²) < 4.78 is 12.5. The summed E-state index contributed by atoms with van der Waals surface area (Å²) in [5, 5.41) is 10.7. The third-order valence-electron chi connectivity index (χ3n) is 4.53. The Bertz CT molecular complexity index is 954. The molecule has 0 saturated heterocycles. The van der Waals surface area contributed by atoms with Crippen molar-refractivity contribution in [3.63, 3.8) is 0 Å². The monoisotopic (exact) mass is 394 g/mol. The van der Waals surface area contributed by atoms with Gasteiger partial charge in [0.2, 0.25) is 0 Å². The summed E-state index contributed by atoms with van der Waals surface area (Å²) in [4.78, 5) is 12.9. The third kappa shape index (κ3) is 4.75. The van der Waals surface area contributed by atoms with Gasteiger partial charge in [-0.2, -0.15) is 5.10 Å². The second-order valence-electron chi connectivity index (χ2n) is 6.45. The number of benzene rings is 2. The van der Waals surface area contributed by atoms with Crippen LogP contribution in [0, 0.1) is 0 Å². The quantitative estimate of drug-likeness (QED) is 0.546. The van der Waals surface area contributed by atoms with Crippen molar-refractivity contribution in [2.45, 2.75) is 6.42 Å². The van der Waals surface area contributed by atoms with E-state index < -0.39 is 0 Å². The fourth-order valence-electron chi connectivity index (χ4n) is 3.01. The fraction of sp³-hybridized carbons (Fsp3) is 0.273. The van der Waals surface area contributed by atoms with Crippen molar-refractivity contribution in [3.05, 3.63) is 60.3 Å². The summed E-state index contributed by atoms with van der Waals surface area (Å²) >= 11 is 0. The van der Waals surface area contributed by atoms with Gasteiger partial charge >= 0.3 is 0 Å². The molecule has 0 radical (unpaired) electrons. The molecule has 0 atom stereocenters. The van der Waals surface area contributed by atoms with Crippen LogP contribution in [-0.4, -0.2) is 50.0 Å². The van der Waals surface area contributed by atoms with Crippen LogP contribution in [0.3, 0.4) is 0 Å². The molecule has 0 unspecified atom stereocenters. The van der Waals surface area contributed by atoms with Crippen LogP contribution in [-0.2, 0) is 0 Å². The van der Waals surface area contributed by atoms with E-state index in [1.807, 2.05) is 55.6 Å². The molecule has 0 saturated carbocycles. The normalized spacial score (nSPS) is 10.6. The number of hydrogen-bond donors (Lipinski definition) is 2. The van der Waals surface area contributed by atoms with Crippen molar-refractivity contribution in [2.75, 3.05) is 34.4 Å². The highest BCUT2D eigenvalue weighted by Gasteiger charge is 2.19. The molecule has 7 nitrogen and oxygen atoms in total. The van der Waals surface area contributed by atoms with Crippen LogP contribution in [0.2, 0.25) is 0 Å². The van der Waals surface area contributed by atoms with E-state index >= 15 is 0 Å². The van der Waals surface area contributed by atoms with Crippen molar-refractivity contribution < 1.29 is 14.3 Å². The number of carbonyl (C=O) groups excluding carboxylic acids is 1. The van der Waals surface area contributed by atoms with Crippen LogP contribution in [0.4, 0.5) is 0 Å². The van der Waals surface area contributed by atoms with Crippen molar-refractivity contribution in [3.8, 4) is 28.4 Å². The van der Waals surface area contributed by atoms with Crippen LogP contribution in [0.25, 0.3) is 16.9 Å². The maximum atomic E-state index is 12.9. The van der Waals surface area contributed by atoms with Gasteiger partial charge in [0, 0.05) is 18.3 Å². The maximum absolute atomic E-state index is 12.9. The van der Waals surface area contributed by atoms with Gasteiger partial charge in [-0.05, 0) is 50.3 Å². The molecule has 1 heterocycles. The zero-order valence-corrected chi connectivity index (χ0v) is 16.9. The lowest BCUT2D eigenvalue weighted by Gasteiger charge is -2.09. The number of rotatable bonds is 9. The highest BCUT2D eigenvalue weighted by Crippen LogP contribution is 2.33. The first-order chi connectivity index (χ1) is 14.2. The summed E-state index contributed by atoms with van der Waals surface area (Å²) in [6.07, 6.45) is 2.61. The maximum Gasteiger partial charge on any atom is 0.255 e. The molecule has 3 aromatic rings. The number of hydrogen-bond acceptors (Lipinski definition) is 5. The molecule has 2 aromatic carbocycles. The van der Waals surface area contributed by atoms with E-state index in [9.17, 15) is 4.79 Å². The average molecular weight is 394 g/mol. The molecule has 0 aliphatic heterocycles. The van der Waals surface area contributed by atoms with Crippen molar-refractivity contribution >= 4 is 5.91 Å². The number of amides is 1. The molecular weight excluding hydrogens is 368 g/mol. The summed E-state index contributed by atoms with van der Waals surface area (Å²) in [5.41, 5.74) is 2.74. The summed E-state index contributed by atoms with van der Waals surface area (Å²) in [6.45, 7) is 1.42. The van der Waals surface area contributed by atoms with Gasteiger partial charge in [0.25, 0.3) is 5.91 Å². The molecule has 3 rings (SSSR count). The van der Waals surface area contributed by atoms with Crippen LogP contribution < -0.4 is 20.1 Å². The smallest absolute Gasteiger partial charge is 0.255 e. The van der Waals surface area contributed by atoms with Crippen LogP contribution in [0.1, 0.15) is 16.8 Å². The third-order valence-corrected chi connectivity index (χ3v) is 4.53. The largest absolute Gasteiger partial charge is 0.493 e. The number of carbonyl (C=O) groups is 1. The van der Waals surface area contributed by atoms with E-state index in [0.29, 0.717) is 29.3 Å². The van der Waals surface area contributed by atoms with Crippen molar-refractivity contribution in [2.24, 2.45) is 0 Å². The average Bonchev–Trinajstić information content (AvgIpc) is 3.22. The minimum absolute atomic E-state index is 0.159. The van der Waals surface area contributed by atoms with Gasteiger partial charge in [-0.25, -0.2) is 4.68 Å².